The number of piperidine rings is 1. The van der Waals surface area contributed by atoms with Crippen LogP contribution in [0.4, 0.5) is 4.79 Å². The van der Waals surface area contributed by atoms with Crippen molar-refractivity contribution in [2.24, 2.45) is 0 Å². The van der Waals surface area contributed by atoms with E-state index in [-0.39, 0.29) is 19.2 Å². The topological polar surface area (TPSA) is 83.5 Å². The fraction of sp³-hybridized carbons (Fsp3) is 0.462. The number of nitrogens with zero attached hydrogens (tertiary/aromatic N) is 1. The van der Waals surface area contributed by atoms with Gasteiger partial charge in [-0.2, -0.15) is 0 Å². The van der Waals surface area contributed by atoms with E-state index in [4.69, 9.17) is 23.7 Å². The summed E-state index contributed by atoms with van der Waals surface area (Å²) in [4.78, 5) is 26.9. The maximum Gasteiger partial charge on any atom is 0.410 e. The molecule has 0 saturated carbocycles. The molecule has 34 heavy (non-hydrogen) atoms. The Morgan fingerprint density at radius 2 is 1.62 bits per heavy atom. The zero-order valence-corrected chi connectivity index (χ0v) is 20.1. The molecular formula is C26H33NO7. The summed E-state index contributed by atoms with van der Waals surface area (Å²) in [7, 11) is 4.71. The summed E-state index contributed by atoms with van der Waals surface area (Å²) in [5, 5.41) is 0. The van der Waals surface area contributed by atoms with Crippen LogP contribution in [0.15, 0.2) is 42.5 Å². The van der Waals surface area contributed by atoms with Crippen LogP contribution in [0.25, 0.3) is 0 Å². The molecular weight excluding hydrogens is 438 g/mol. The molecule has 0 aliphatic carbocycles. The van der Waals surface area contributed by atoms with E-state index in [2.05, 4.69) is 0 Å². The summed E-state index contributed by atoms with van der Waals surface area (Å²) in [6.07, 6.45) is 3.08. The van der Waals surface area contributed by atoms with E-state index in [1.807, 2.05) is 42.5 Å². The molecule has 0 spiro atoms. The van der Waals surface area contributed by atoms with Crippen LogP contribution in [0.1, 0.15) is 36.8 Å². The Morgan fingerprint density at radius 1 is 0.912 bits per heavy atom. The van der Waals surface area contributed by atoms with Crippen LogP contribution >= 0.6 is 0 Å². The summed E-state index contributed by atoms with van der Waals surface area (Å²) in [6.45, 7) is 0.907. The summed E-state index contributed by atoms with van der Waals surface area (Å²) < 4.78 is 27.1. The van der Waals surface area contributed by atoms with Gasteiger partial charge in [-0.1, -0.05) is 30.3 Å². The Bertz CT molecular complexity index is 922. The number of aryl methyl sites for hydroxylation is 1. The fourth-order valence-electron chi connectivity index (χ4n) is 4.02. The number of ether oxygens (including phenoxy) is 5. The summed E-state index contributed by atoms with van der Waals surface area (Å²) >= 11 is 0. The van der Waals surface area contributed by atoms with Crippen molar-refractivity contribution < 1.29 is 33.3 Å². The van der Waals surface area contributed by atoms with Crippen LogP contribution in [0.2, 0.25) is 0 Å². The van der Waals surface area contributed by atoms with E-state index in [1.165, 1.54) is 4.90 Å². The van der Waals surface area contributed by atoms with Crippen LogP contribution in [-0.4, -0.2) is 57.5 Å². The SMILES string of the molecule is COc1cc(CCCOC(=O)[C@@H]2CCCCN2C(=O)OCc2ccccc2)cc(OC)c1OC. The van der Waals surface area contributed by atoms with Crippen LogP contribution in [0, 0.1) is 0 Å². The lowest BCUT2D eigenvalue weighted by Crippen LogP contribution is -2.48. The molecule has 0 bridgehead atoms. The Kier molecular flexibility index (Phi) is 9.43. The zero-order chi connectivity index (χ0) is 24.3. The number of carbonyl (C=O) groups is 2. The Hall–Kier alpha value is -3.42. The maximum absolute atomic E-state index is 12.8. The Morgan fingerprint density at radius 3 is 2.26 bits per heavy atom. The number of likely N-dealkylation sites (tertiary alicyclic amines) is 1. The van der Waals surface area contributed by atoms with Crippen molar-refractivity contribution in [2.75, 3.05) is 34.5 Å². The average molecular weight is 472 g/mol. The average Bonchev–Trinajstić information content (AvgIpc) is 2.89. The molecule has 1 atom stereocenters. The second-order valence-electron chi connectivity index (χ2n) is 8.05. The fourth-order valence-corrected chi connectivity index (χ4v) is 4.02. The van der Waals surface area contributed by atoms with Crippen molar-refractivity contribution in [2.45, 2.75) is 44.8 Å². The highest BCUT2D eigenvalue weighted by Gasteiger charge is 2.34. The van der Waals surface area contributed by atoms with E-state index < -0.39 is 12.1 Å². The van der Waals surface area contributed by atoms with Gasteiger partial charge in [-0.3, -0.25) is 4.90 Å². The molecule has 0 radical (unpaired) electrons. The number of hydrogen-bond donors (Lipinski definition) is 0. The normalized spacial score (nSPS) is 15.4. The smallest absolute Gasteiger partial charge is 0.410 e. The van der Waals surface area contributed by atoms with E-state index >= 15 is 0 Å². The van der Waals surface area contributed by atoms with Crippen molar-refractivity contribution in [1.82, 2.24) is 4.90 Å². The minimum Gasteiger partial charge on any atom is -0.493 e. The van der Waals surface area contributed by atoms with Crippen LogP contribution in [-0.2, 0) is 27.3 Å². The number of esters is 1. The van der Waals surface area contributed by atoms with Gasteiger partial charge in [0.25, 0.3) is 0 Å². The zero-order valence-electron chi connectivity index (χ0n) is 20.1. The van der Waals surface area contributed by atoms with E-state index in [9.17, 15) is 9.59 Å². The third-order valence-electron chi connectivity index (χ3n) is 5.79. The van der Waals surface area contributed by atoms with Gasteiger partial charge in [-0.15, -0.1) is 0 Å². The lowest BCUT2D eigenvalue weighted by molar-refractivity contribution is -0.150. The quantitative estimate of drug-likeness (QED) is 0.376. The minimum absolute atomic E-state index is 0.173. The number of methoxy groups -OCH3 is 3. The van der Waals surface area contributed by atoms with E-state index in [1.54, 1.807) is 21.3 Å². The monoisotopic (exact) mass is 471 g/mol. The first-order valence-corrected chi connectivity index (χ1v) is 11.5. The van der Waals surface area contributed by atoms with Gasteiger partial charge >= 0.3 is 12.1 Å². The molecule has 2 aromatic carbocycles. The summed E-state index contributed by atoms with van der Waals surface area (Å²) in [6, 6.07) is 12.6. The van der Waals surface area contributed by atoms with Gasteiger partial charge in [-0.05, 0) is 55.4 Å². The van der Waals surface area contributed by atoms with Crippen LogP contribution in [0.5, 0.6) is 17.2 Å². The molecule has 1 fully saturated rings. The molecule has 3 rings (SSSR count). The maximum atomic E-state index is 12.8. The Labute approximate surface area is 200 Å². The lowest BCUT2D eigenvalue weighted by atomic mass is 10.0. The highest BCUT2D eigenvalue weighted by atomic mass is 16.6. The third kappa shape index (κ3) is 6.56. The molecule has 1 saturated heterocycles. The molecule has 1 aliphatic heterocycles. The predicted octanol–water partition coefficient (Wildman–Crippen LogP) is 4.38. The largest absolute Gasteiger partial charge is 0.493 e. The number of amides is 1. The molecule has 184 valence electrons. The molecule has 0 aromatic heterocycles. The van der Waals surface area contributed by atoms with Crippen molar-refractivity contribution in [3.8, 4) is 17.2 Å². The first kappa shape index (κ1) is 25.2. The minimum atomic E-state index is -0.613. The number of hydrogen-bond acceptors (Lipinski definition) is 7. The first-order chi connectivity index (χ1) is 16.6. The second kappa shape index (κ2) is 12.7. The second-order valence-corrected chi connectivity index (χ2v) is 8.05. The van der Waals surface area contributed by atoms with Crippen molar-refractivity contribution >= 4 is 12.1 Å². The van der Waals surface area contributed by atoms with Gasteiger partial charge in [-0.25, -0.2) is 9.59 Å². The predicted molar refractivity (Wildman–Crippen MR) is 126 cm³/mol. The van der Waals surface area contributed by atoms with Crippen molar-refractivity contribution in [3.05, 3.63) is 53.6 Å². The molecule has 2 aromatic rings. The van der Waals surface area contributed by atoms with Gasteiger partial charge < -0.3 is 23.7 Å². The third-order valence-corrected chi connectivity index (χ3v) is 5.79. The van der Waals surface area contributed by atoms with Crippen LogP contribution in [0.3, 0.4) is 0 Å². The molecule has 1 aliphatic rings. The number of rotatable bonds is 10. The molecule has 1 amide bonds. The number of benzene rings is 2. The molecule has 8 nitrogen and oxygen atoms in total. The first-order valence-electron chi connectivity index (χ1n) is 11.5. The van der Waals surface area contributed by atoms with Gasteiger partial charge in [0.2, 0.25) is 5.75 Å². The molecule has 1 heterocycles. The van der Waals surface area contributed by atoms with Gasteiger partial charge in [0, 0.05) is 6.54 Å². The standard InChI is InChI=1S/C26H33NO7/c1-30-22-16-20(17-23(31-2)24(22)32-3)12-9-15-33-25(28)21-13-7-8-14-27(21)26(29)34-18-19-10-5-4-6-11-19/h4-6,10-11,16-17,21H,7-9,12-15,18H2,1-3H3/t21-/m0/s1. The van der Waals surface area contributed by atoms with E-state index in [0.29, 0.717) is 43.1 Å². The molecule has 0 unspecified atom stereocenters. The van der Waals surface area contributed by atoms with Crippen molar-refractivity contribution in [3.63, 3.8) is 0 Å². The van der Waals surface area contributed by atoms with Gasteiger partial charge in [0.15, 0.2) is 11.5 Å². The van der Waals surface area contributed by atoms with E-state index in [0.717, 1.165) is 24.0 Å². The summed E-state index contributed by atoms with van der Waals surface area (Å²) in [5.74, 6) is 1.32. The van der Waals surface area contributed by atoms with Gasteiger partial charge in [0.05, 0.1) is 27.9 Å². The Balaban J connectivity index is 1.50. The highest BCUT2D eigenvalue weighted by molar-refractivity contribution is 5.81. The molecule has 8 heteroatoms. The van der Waals surface area contributed by atoms with Gasteiger partial charge in [0.1, 0.15) is 12.6 Å². The van der Waals surface area contributed by atoms with Crippen LogP contribution < -0.4 is 14.2 Å². The lowest BCUT2D eigenvalue weighted by Gasteiger charge is -2.33. The molecule has 0 N–H and O–H groups in total. The van der Waals surface area contributed by atoms with Crippen molar-refractivity contribution in [1.29, 1.82) is 0 Å². The summed E-state index contributed by atoms with van der Waals surface area (Å²) in [5.41, 5.74) is 1.88. The highest BCUT2D eigenvalue weighted by Crippen LogP contribution is 2.38. The number of carbonyl (C=O) groups excluding carboxylic acids is 2.